The molecule has 0 saturated heterocycles. The molecule has 0 heterocycles. The molecule has 0 bridgehead atoms. The average Bonchev–Trinajstić information content (AvgIpc) is 2.40. The molecule has 1 rings (SSSR count). The standard InChI is InChI=1S/C14H18Cl3N3OS/c1-3-4-11(21)19-12(14(15,16)17)20-13(22)18-10-7-5-9(2)6-8-10/h5-8,12H,3-4H2,1-2H3,(H,19,21)(H2,18,20,22). The van der Waals surface area contributed by atoms with Crippen LogP contribution in [0.5, 0.6) is 0 Å². The van der Waals surface area contributed by atoms with Crippen LogP contribution in [0.1, 0.15) is 25.3 Å². The van der Waals surface area contributed by atoms with Gasteiger partial charge in [0.05, 0.1) is 0 Å². The van der Waals surface area contributed by atoms with E-state index in [0.717, 1.165) is 11.3 Å². The van der Waals surface area contributed by atoms with E-state index in [2.05, 4.69) is 16.0 Å². The van der Waals surface area contributed by atoms with E-state index < -0.39 is 9.96 Å². The lowest BCUT2D eigenvalue weighted by molar-refractivity contribution is -0.121. The van der Waals surface area contributed by atoms with Crippen LogP contribution in [-0.2, 0) is 4.79 Å². The van der Waals surface area contributed by atoms with Crippen molar-refractivity contribution in [2.45, 2.75) is 36.6 Å². The normalized spacial score (nSPS) is 12.4. The van der Waals surface area contributed by atoms with Crippen molar-refractivity contribution in [3.63, 3.8) is 0 Å². The molecular formula is C14H18Cl3N3OS. The van der Waals surface area contributed by atoms with E-state index in [1.165, 1.54) is 0 Å². The number of aryl methyl sites for hydroxylation is 1. The molecule has 1 atom stereocenters. The van der Waals surface area contributed by atoms with Gasteiger partial charge in [0, 0.05) is 12.1 Å². The first kappa shape index (κ1) is 19.3. The van der Waals surface area contributed by atoms with Crippen molar-refractivity contribution in [1.82, 2.24) is 10.6 Å². The number of rotatable bonds is 5. The monoisotopic (exact) mass is 381 g/mol. The van der Waals surface area contributed by atoms with Gasteiger partial charge in [-0.2, -0.15) is 0 Å². The molecule has 22 heavy (non-hydrogen) atoms. The van der Waals surface area contributed by atoms with Crippen molar-refractivity contribution >= 4 is 63.7 Å². The predicted octanol–water partition coefficient (Wildman–Crippen LogP) is 3.89. The number of thiocarbonyl (C=S) groups is 1. The van der Waals surface area contributed by atoms with Gasteiger partial charge >= 0.3 is 0 Å². The summed E-state index contributed by atoms with van der Waals surface area (Å²) in [5, 5.41) is 8.63. The molecular weight excluding hydrogens is 365 g/mol. The first-order chi connectivity index (χ1) is 10.2. The van der Waals surface area contributed by atoms with Gasteiger partial charge in [-0.3, -0.25) is 4.79 Å². The average molecular weight is 383 g/mol. The van der Waals surface area contributed by atoms with Crippen LogP contribution in [0, 0.1) is 6.92 Å². The van der Waals surface area contributed by atoms with E-state index in [0.29, 0.717) is 12.8 Å². The molecule has 0 saturated carbocycles. The molecule has 0 spiro atoms. The second kappa shape index (κ2) is 8.77. The molecule has 0 aliphatic carbocycles. The number of hydrogen-bond donors (Lipinski definition) is 3. The predicted molar refractivity (Wildman–Crippen MR) is 97.7 cm³/mol. The summed E-state index contributed by atoms with van der Waals surface area (Å²) < 4.78 is -1.73. The largest absolute Gasteiger partial charge is 0.339 e. The Morgan fingerprint density at radius 3 is 2.32 bits per heavy atom. The summed E-state index contributed by atoms with van der Waals surface area (Å²) in [4.78, 5) is 11.7. The summed E-state index contributed by atoms with van der Waals surface area (Å²) in [6.45, 7) is 3.88. The Kier molecular flexibility index (Phi) is 7.69. The van der Waals surface area contributed by atoms with Crippen LogP contribution < -0.4 is 16.0 Å². The van der Waals surface area contributed by atoms with Gasteiger partial charge < -0.3 is 16.0 Å². The molecule has 3 N–H and O–H groups in total. The molecule has 122 valence electrons. The number of hydrogen-bond acceptors (Lipinski definition) is 2. The molecule has 0 aliphatic heterocycles. The summed E-state index contributed by atoms with van der Waals surface area (Å²) >= 11 is 22.8. The Balaban J connectivity index is 2.66. The van der Waals surface area contributed by atoms with E-state index in [1.54, 1.807) is 0 Å². The van der Waals surface area contributed by atoms with E-state index in [9.17, 15) is 4.79 Å². The molecule has 1 amide bonds. The maximum atomic E-state index is 11.7. The fourth-order valence-electron chi connectivity index (χ4n) is 1.60. The fourth-order valence-corrected chi connectivity index (χ4v) is 2.16. The van der Waals surface area contributed by atoms with Gasteiger partial charge in [0.15, 0.2) is 5.11 Å². The molecule has 1 unspecified atom stereocenters. The topological polar surface area (TPSA) is 53.2 Å². The number of alkyl halides is 3. The third-order valence-corrected chi connectivity index (χ3v) is 3.57. The minimum Gasteiger partial charge on any atom is -0.339 e. The highest BCUT2D eigenvalue weighted by atomic mass is 35.6. The van der Waals surface area contributed by atoms with Gasteiger partial charge in [-0.15, -0.1) is 0 Å². The van der Waals surface area contributed by atoms with E-state index in [4.69, 9.17) is 47.0 Å². The lowest BCUT2D eigenvalue weighted by Gasteiger charge is -2.27. The second-order valence-electron chi connectivity index (χ2n) is 4.76. The van der Waals surface area contributed by atoms with Crippen LogP contribution in [-0.4, -0.2) is 21.0 Å². The zero-order valence-electron chi connectivity index (χ0n) is 12.3. The van der Waals surface area contributed by atoms with E-state index >= 15 is 0 Å². The van der Waals surface area contributed by atoms with E-state index in [1.807, 2.05) is 38.1 Å². The number of carbonyl (C=O) groups excluding carboxylic acids is 1. The Bertz CT molecular complexity index is 517. The van der Waals surface area contributed by atoms with Crippen molar-refractivity contribution in [2.75, 3.05) is 5.32 Å². The smallest absolute Gasteiger partial charge is 0.228 e. The Labute approximate surface area is 150 Å². The number of nitrogens with one attached hydrogen (secondary N) is 3. The molecule has 1 aromatic carbocycles. The first-order valence-electron chi connectivity index (χ1n) is 6.72. The lowest BCUT2D eigenvalue weighted by Crippen LogP contribution is -2.56. The highest BCUT2D eigenvalue weighted by molar-refractivity contribution is 7.80. The van der Waals surface area contributed by atoms with Crippen molar-refractivity contribution < 1.29 is 4.79 Å². The van der Waals surface area contributed by atoms with Gasteiger partial charge in [-0.1, -0.05) is 59.4 Å². The number of halogens is 3. The van der Waals surface area contributed by atoms with E-state index in [-0.39, 0.29) is 11.0 Å². The maximum absolute atomic E-state index is 11.7. The fraction of sp³-hybridized carbons (Fsp3) is 0.429. The molecule has 8 heteroatoms. The number of amides is 1. The number of carbonyl (C=O) groups is 1. The van der Waals surface area contributed by atoms with Crippen LogP contribution >= 0.6 is 47.0 Å². The van der Waals surface area contributed by atoms with Crippen LogP contribution in [0.3, 0.4) is 0 Å². The molecule has 0 aliphatic rings. The zero-order chi connectivity index (χ0) is 16.8. The molecule has 1 aromatic rings. The van der Waals surface area contributed by atoms with Crippen molar-refractivity contribution in [3.8, 4) is 0 Å². The summed E-state index contributed by atoms with van der Waals surface area (Å²) in [5.74, 6) is -0.218. The van der Waals surface area contributed by atoms with Crippen LogP contribution in [0.2, 0.25) is 0 Å². The van der Waals surface area contributed by atoms with Gasteiger partial charge in [0.2, 0.25) is 9.70 Å². The Morgan fingerprint density at radius 1 is 1.23 bits per heavy atom. The second-order valence-corrected chi connectivity index (χ2v) is 7.53. The van der Waals surface area contributed by atoms with Crippen molar-refractivity contribution in [3.05, 3.63) is 29.8 Å². The SMILES string of the molecule is CCCC(=O)NC(NC(=S)Nc1ccc(C)cc1)C(Cl)(Cl)Cl. The summed E-state index contributed by atoms with van der Waals surface area (Å²) in [6.07, 6.45) is 0.115. The van der Waals surface area contributed by atoms with Gasteiger partial charge in [0.25, 0.3) is 0 Å². The Morgan fingerprint density at radius 2 is 1.82 bits per heavy atom. The number of benzene rings is 1. The van der Waals surface area contributed by atoms with Gasteiger partial charge in [0.1, 0.15) is 6.17 Å². The third kappa shape index (κ3) is 7.01. The van der Waals surface area contributed by atoms with Crippen LogP contribution in [0.15, 0.2) is 24.3 Å². The molecule has 0 radical (unpaired) electrons. The van der Waals surface area contributed by atoms with Crippen molar-refractivity contribution in [2.24, 2.45) is 0 Å². The van der Waals surface area contributed by atoms with Gasteiger partial charge in [-0.25, -0.2) is 0 Å². The lowest BCUT2D eigenvalue weighted by atomic mass is 10.2. The minimum absolute atomic E-state index is 0.218. The summed E-state index contributed by atoms with van der Waals surface area (Å²) in [5.41, 5.74) is 1.93. The highest BCUT2D eigenvalue weighted by Gasteiger charge is 2.34. The quantitative estimate of drug-likeness (QED) is 0.411. The third-order valence-electron chi connectivity index (χ3n) is 2.69. The first-order valence-corrected chi connectivity index (χ1v) is 8.27. The highest BCUT2D eigenvalue weighted by Crippen LogP contribution is 2.29. The minimum atomic E-state index is -1.73. The van der Waals surface area contributed by atoms with Crippen molar-refractivity contribution in [1.29, 1.82) is 0 Å². The zero-order valence-corrected chi connectivity index (χ0v) is 15.3. The van der Waals surface area contributed by atoms with Crippen LogP contribution in [0.25, 0.3) is 0 Å². The molecule has 0 aromatic heterocycles. The van der Waals surface area contributed by atoms with Crippen LogP contribution in [0.4, 0.5) is 5.69 Å². The Hall–Kier alpha value is -0.750. The number of anilines is 1. The molecule has 4 nitrogen and oxygen atoms in total. The van der Waals surface area contributed by atoms with Gasteiger partial charge in [-0.05, 0) is 37.7 Å². The molecule has 0 fully saturated rings. The summed E-state index contributed by atoms with van der Waals surface area (Å²) in [7, 11) is 0. The maximum Gasteiger partial charge on any atom is 0.228 e. The summed E-state index contributed by atoms with van der Waals surface area (Å²) in [6, 6.07) is 7.65.